The van der Waals surface area contributed by atoms with Gasteiger partial charge in [0, 0.05) is 12.6 Å². The van der Waals surface area contributed by atoms with Gasteiger partial charge in [-0.3, -0.25) is 4.72 Å². The fraction of sp³-hybridized carbons (Fsp3) is 0.250. The van der Waals surface area contributed by atoms with Crippen molar-refractivity contribution in [3.05, 3.63) is 89.5 Å². The van der Waals surface area contributed by atoms with Crippen LogP contribution in [0.1, 0.15) is 22.7 Å². The highest BCUT2D eigenvalue weighted by molar-refractivity contribution is 7.92. The van der Waals surface area contributed by atoms with E-state index in [1.807, 2.05) is 42.5 Å². The van der Waals surface area contributed by atoms with Gasteiger partial charge in [0.05, 0.1) is 18.0 Å². The Morgan fingerprint density at radius 1 is 0.875 bits per heavy atom. The molecule has 3 aromatic carbocycles. The lowest BCUT2D eigenvalue weighted by atomic mass is 9.98. The number of sulfonamides is 1. The molecule has 0 bridgehead atoms. The maximum absolute atomic E-state index is 11.5. The summed E-state index contributed by atoms with van der Waals surface area (Å²) >= 11 is 0. The number of aliphatic hydroxyl groups is 1. The minimum Gasteiger partial charge on any atom is -0.508 e. The van der Waals surface area contributed by atoms with Crippen LogP contribution in [0.4, 0.5) is 5.69 Å². The molecule has 0 aliphatic carbocycles. The first-order chi connectivity index (χ1) is 15.2. The molecular weight excluding hydrogens is 428 g/mol. The van der Waals surface area contributed by atoms with Crippen molar-refractivity contribution in [3.8, 4) is 11.5 Å². The maximum Gasteiger partial charge on any atom is 0.229 e. The summed E-state index contributed by atoms with van der Waals surface area (Å²) in [6.07, 6.45) is 1.26. The van der Waals surface area contributed by atoms with E-state index in [2.05, 4.69) is 10.0 Å². The lowest BCUT2D eigenvalue weighted by molar-refractivity contribution is 0.167. The zero-order chi connectivity index (χ0) is 23.1. The second-order valence-electron chi connectivity index (χ2n) is 7.83. The minimum atomic E-state index is -3.53. The molecule has 32 heavy (non-hydrogen) atoms. The first-order valence-corrected chi connectivity index (χ1v) is 12.1. The van der Waals surface area contributed by atoms with Crippen LogP contribution in [0, 0.1) is 0 Å². The number of hydrogen-bond acceptors (Lipinski definition) is 6. The van der Waals surface area contributed by atoms with Crippen molar-refractivity contribution >= 4 is 15.7 Å². The predicted molar refractivity (Wildman–Crippen MR) is 125 cm³/mol. The summed E-state index contributed by atoms with van der Waals surface area (Å²) in [5.74, 6) is 0.0140. The van der Waals surface area contributed by atoms with E-state index >= 15 is 0 Å². The second-order valence-corrected chi connectivity index (χ2v) is 9.57. The monoisotopic (exact) mass is 456 g/mol. The molecule has 0 radical (unpaired) electrons. The van der Waals surface area contributed by atoms with E-state index in [1.54, 1.807) is 18.2 Å². The zero-order valence-electron chi connectivity index (χ0n) is 17.8. The highest BCUT2D eigenvalue weighted by Crippen LogP contribution is 2.26. The van der Waals surface area contributed by atoms with Crippen molar-refractivity contribution in [2.24, 2.45) is 0 Å². The van der Waals surface area contributed by atoms with Gasteiger partial charge in [0.25, 0.3) is 0 Å². The summed E-state index contributed by atoms with van der Waals surface area (Å²) in [7, 11) is -3.53. The van der Waals surface area contributed by atoms with Crippen molar-refractivity contribution in [1.82, 2.24) is 5.32 Å². The number of nitrogens with one attached hydrogen (secondary N) is 2. The minimum absolute atomic E-state index is 0.0741. The fourth-order valence-corrected chi connectivity index (χ4v) is 4.04. The van der Waals surface area contributed by atoms with Gasteiger partial charge >= 0.3 is 0 Å². The van der Waals surface area contributed by atoms with Gasteiger partial charge in [0.15, 0.2) is 0 Å². The van der Waals surface area contributed by atoms with E-state index in [9.17, 15) is 23.7 Å². The van der Waals surface area contributed by atoms with Crippen molar-refractivity contribution in [3.63, 3.8) is 0 Å². The molecule has 3 aromatic rings. The van der Waals surface area contributed by atoms with Crippen LogP contribution < -0.4 is 10.0 Å². The number of benzene rings is 3. The molecule has 0 aliphatic heterocycles. The average Bonchev–Trinajstić information content (AvgIpc) is 2.74. The molecule has 0 aliphatic rings. The molecular formula is C24H28N2O5S. The van der Waals surface area contributed by atoms with Gasteiger partial charge in [-0.15, -0.1) is 0 Å². The molecule has 0 saturated heterocycles. The quantitative estimate of drug-likeness (QED) is 0.299. The summed E-state index contributed by atoms with van der Waals surface area (Å²) < 4.78 is 25.2. The Bertz CT molecular complexity index is 1120. The largest absolute Gasteiger partial charge is 0.508 e. The number of hydrogen-bond donors (Lipinski definition) is 5. The second kappa shape index (κ2) is 10.5. The number of anilines is 1. The van der Waals surface area contributed by atoms with E-state index < -0.39 is 16.1 Å². The lowest BCUT2D eigenvalue weighted by Crippen LogP contribution is -2.32. The third kappa shape index (κ3) is 7.26. The smallest absolute Gasteiger partial charge is 0.229 e. The molecule has 1 unspecified atom stereocenters. The Kier molecular flexibility index (Phi) is 7.74. The summed E-state index contributed by atoms with van der Waals surface area (Å²) in [4.78, 5) is 0. The summed E-state index contributed by atoms with van der Waals surface area (Å²) in [5.41, 5.74) is 2.90. The predicted octanol–water partition coefficient (Wildman–Crippen LogP) is 2.95. The summed E-state index contributed by atoms with van der Waals surface area (Å²) in [6.45, 7) is 0.300. The Morgan fingerprint density at radius 2 is 1.56 bits per heavy atom. The van der Waals surface area contributed by atoms with Gasteiger partial charge in [-0.2, -0.15) is 0 Å². The zero-order valence-corrected chi connectivity index (χ0v) is 18.6. The van der Waals surface area contributed by atoms with Gasteiger partial charge < -0.3 is 20.6 Å². The van der Waals surface area contributed by atoms with Gasteiger partial charge in [0.1, 0.15) is 11.5 Å². The molecule has 8 heteroatoms. The SMILES string of the molecule is CS(=O)(=O)Nc1cc(C[C@H](O)CNC(Cc2ccccc2)c2ccc(O)cc2)ccc1O. The number of rotatable bonds is 10. The number of phenols is 2. The van der Waals surface area contributed by atoms with Crippen LogP contribution in [0.15, 0.2) is 72.8 Å². The fourth-order valence-electron chi connectivity index (χ4n) is 3.48. The summed E-state index contributed by atoms with van der Waals surface area (Å²) in [5, 5.41) is 33.5. The van der Waals surface area contributed by atoms with Crippen LogP contribution in [0.25, 0.3) is 0 Å². The summed E-state index contributed by atoms with van der Waals surface area (Å²) in [6, 6.07) is 21.5. The topological polar surface area (TPSA) is 119 Å². The Labute approximate surface area is 188 Å². The molecule has 170 valence electrons. The van der Waals surface area contributed by atoms with Crippen molar-refractivity contribution in [1.29, 1.82) is 0 Å². The third-order valence-corrected chi connectivity index (χ3v) is 5.60. The number of aromatic hydroxyl groups is 2. The molecule has 0 amide bonds. The standard InChI is InChI=1S/C24H28N2O5S/c1-32(30,31)26-23-15-18(7-12-24(23)29)13-21(28)16-25-22(14-17-5-3-2-4-6-17)19-8-10-20(27)11-9-19/h2-12,15,21-22,25-29H,13-14,16H2,1H3/t21-,22?/m0/s1. The van der Waals surface area contributed by atoms with Gasteiger partial charge in [0.2, 0.25) is 10.0 Å². The first kappa shape index (κ1) is 23.6. The Morgan fingerprint density at radius 3 is 2.22 bits per heavy atom. The van der Waals surface area contributed by atoms with E-state index in [-0.39, 0.29) is 29.6 Å². The Balaban J connectivity index is 1.67. The van der Waals surface area contributed by atoms with Crippen molar-refractivity contribution in [2.75, 3.05) is 17.5 Å². The van der Waals surface area contributed by atoms with Crippen molar-refractivity contribution in [2.45, 2.75) is 25.0 Å². The lowest BCUT2D eigenvalue weighted by Gasteiger charge is -2.22. The van der Waals surface area contributed by atoms with Crippen LogP contribution >= 0.6 is 0 Å². The number of aliphatic hydroxyl groups excluding tert-OH is 1. The molecule has 0 spiro atoms. The van der Waals surface area contributed by atoms with Gasteiger partial charge in [-0.25, -0.2) is 8.42 Å². The van der Waals surface area contributed by atoms with E-state index in [0.29, 0.717) is 18.5 Å². The van der Waals surface area contributed by atoms with E-state index in [0.717, 1.165) is 17.4 Å². The van der Waals surface area contributed by atoms with Gasteiger partial charge in [-0.05, 0) is 53.8 Å². The molecule has 0 heterocycles. The van der Waals surface area contributed by atoms with Crippen LogP contribution in [0.5, 0.6) is 11.5 Å². The number of phenolic OH excluding ortho intramolecular Hbond substituents is 2. The van der Waals surface area contributed by atoms with Crippen molar-refractivity contribution < 1.29 is 23.7 Å². The molecule has 5 N–H and O–H groups in total. The maximum atomic E-state index is 11.5. The molecule has 0 fully saturated rings. The molecule has 2 atom stereocenters. The molecule has 7 nitrogen and oxygen atoms in total. The highest BCUT2D eigenvalue weighted by Gasteiger charge is 2.16. The van der Waals surface area contributed by atoms with Crippen LogP contribution in [0.2, 0.25) is 0 Å². The Hall–Kier alpha value is -3.07. The van der Waals surface area contributed by atoms with E-state index in [1.165, 1.54) is 12.1 Å². The highest BCUT2D eigenvalue weighted by atomic mass is 32.2. The van der Waals surface area contributed by atoms with Crippen LogP contribution in [-0.4, -0.2) is 42.6 Å². The molecule has 0 aromatic heterocycles. The molecule has 0 saturated carbocycles. The van der Waals surface area contributed by atoms with E-state index in [4.69, 9.17) is 0 Å². The average molecular weight is 457 g/mol. The normalized spacial score (nSPS) is 13.4. The first-order valence-electron chi connectivity index (χ1n) is 10.2. The van der Waals surface area contributed by atoms with Crippen LogP contribution in [-0.2, 0) is 22.9 Å². The third-order valence-electron chi connectivity index (χ3n) is 5.01. The van der Waals surface area contributed by atoms with Gasteiger partial charge in [-0.1, -0.05) is 48.5 Å². The van der Waals surface area contributed by atoms with Crippen LogP contribution in [0.3, 0.4) is 0 Å². The molecule has 3 rings (SSSR count).